The molecule has 1 amide bonds. The fraction of sp³-hybridized carbons (Fsp3) is 0.333. The van der Waals surface area contributed by atoms with Gasteiger partial charge in [0.15, 0.2) is 0 Å². The van der Waals surface area contributed by atoms with Crippen molar-refractivity contribution in [2.24, 2.45) is 11.8 Å². The summed E-state index contributed by atoms with van der Waals surface area (Å²) in [6.07, 6.45) is 3.02. The molecule has 1 aliphatic carbocycles. The van der Waals surface area contributed by atoms with Gasteiger partial charge in [-0.25, -0.2) is 4.79 Å². The predicted molar refractivity (Wildman–Crippen MR) is 95.2 cm³/mol. The van der Waals surface area contributed by atoms with E-state index in [0.717, 1.165) is 30.4 Å². The Morgan fingerprint density at radius 1 is 0.920 bits per heavy atom. The van der Waals surface area contributed by atoms with Gasteiger partial charge >= 0.3 is 5.97 Å². The van der Waals surface area contributed by atoms with Gasteiger partial charge in [0.2, 0.25) is 0 Å². The number of carbonyl (C=O) groups excluding carboxylic acids is 1. The van der Waals surface area contributed by atoms with E-state index in [1.807, 2.05) is 42.5 Å². The van der Waals surface area contributed by atoms with Gasteiger partial charge in [0, 0.05) is 12.1 Å². The number of amides is 1. The second kappa shape index (κ2) is 6.36. The monoisotopic (exact) mass is 335 g/mol. The first kappa shape index (κ1) is 15.9. The van der Waals surface area contributed by atoms with Crippen LogP contribution in [0.15, 0.2) is 54.6 Å². The van der Waals surface area contributed by atoms with E-state index in [2.05, 4.69) is 0 Å². The Morgan fingerprint density at radius 3 is 2.28 bits per heavy atom. The molecule has 128 valence electrons. The van der Waals surface area contributed by atoms with Crippen LogP contribution in [0.3, 0.4) is 0 Å². The summed E-state index contributed by atoms with van der Waals surface area (Å²) in [7, 11) is 0. The van der Waals surface area contributed by atoms with Gasteiger partial charge in [0.05, 0.1) is 0 Å². The van der Waals surface area contributed by atoms with Crippen LogP contribution in [0.25, 0.3) is 11.1 Å². The molecule has 4 heteroatoms. The molecule has 0 radical (unpaired) electrons. The Hall–Kier alpha value is -2.62. The summed E-state index contributed by atoms with van der Waals surface area (Å²) in [6, 6.07) is 16.8. The van der Waals surface area contributed by atoms with Crippen molar-refractivity contribution in [1.29, 1.82) is 0 Å². The number of aliphatic carboxylic acids is 1. The quantitative estimate of drug-likeness (QED) is 0.931. The normalized spacial score (nSPS) is 25.0. The lowest BCUT2D eigenvalue weighted by molar-refractivity contribution is -0.142. The number of likely N-dealkylation sites (tertiary alicyclic amines) is 1. The van der Waals surface area contributed by atoms with E-state index in [1.54, 1.807) is 17.0 Å². The zero-order valence-corrected chi connectivity index (χ0v) is 14.0. The lowest BCUT2D eigenvalue weighted by atomic mass is 9.94. The number of fused-ring (bicyclic) bond motifs is 1. The summed E-state index contributed by atoms with van der Waals surface area (Å²) in [6.45, 7) is 0.570. The minimum Gasteiger partial charge on any atom is -0.480 e. The van der Waals surface area contributed by atoms with Gasteiger partial charge in [-0.1, -0.05) is 48.9 Å². The van der Waals surface area contributed by atoms with Gasteiger partial charge in [0.1, 0.15) is 6.04 Å². The molecule has 1 saturated carbocycles. The average Bonchev–Trinajstić information content (AvgIpc) is 3.22. The fourth-order valence-corrected chi connectivity index (χ4v) is 4.43. The van der Waals surface area contributed by atoms with Crippen LogP contribution in [0.1, 0.15) is 29.6 Å². The van der Waals surface area contributed by atoms with Crippen LogP contribution in [-0.4, -0.2) is 34.5 Å². The van der Waals surface area contributed by atoms with E-state index in [1.165, 1.54) is 0 Å². The molecule has 25 heavy (non-hydrogen) atoms. The second-order valence-electron chi connectivity index (χ2n) is 7.04. The van der Waals surface area contributed by atoms with E-state index in [-0.39, 0.29) is 11.8 Å². The number of carboxylic acids is 1. The maximum atomic E-state index is 12.9. The number of rotatable bonds is 3. The topological polar surface area (TPSA) is 57.6 Å². The first-order valence-corrected chi connectivity index (χ1v) is 8.84. The summed E-state index contributed by atoms with van der Waals surface area (Å²) in [5, 5.41) is 9.63. The number of hydrogen-bond donors (Lipinski definition) is 1. The maximum absolute atomic E-state index is 12.9. The van der Waals surface area contributed by atoms with Gasteiger partial charge in [-0.3, -0.25) is 4.79 Å². The Kier molecular flexibility index (Phi) is 4.04. The summed E-state index contributed by atoms with van der Waals surface area (Å²) in [5.74, 6) is -0.580. The smallest absolute Gasteiger partial charge is 0.326 e. The zero-order valence-electron chi connectivity index (χ0n) is 14.0. The molecule has 2 fully saturated rings. The van der Waals surface area contributed by atoms with Crippen molar-refractivity contribution < 1.29 is 14.7 Å². The van der Waals surface area contributed by atoms with Crippen molar-refractivity contribution in [2.75, 3.05) is 6.54 Å². The molecule has 4 rings (SSSR count). The Bertz CT molecular complexity index is 785. The fourth-order valence-electron chi connectivity index (χ4n) is 4.43. The van der Waals surface area contributed by atoms with Gasteiger partial charge in [-0.2, -0.15) is 0 Å². The molecule has 1 saturated heterocycles. The number of nitrogens with zero attached hydrogens (tertiary/aromatic N) is 1. The highest BCUT2D eigenvalue weighted by molar-refractivity contribution is 5.97. The van der Waals surface area contributed by atoms with E-state index in [4.69, 9.17) is 0 Å². The van der Waals surface area contributed by atoms with Gasteiger partial charge < -0.3 is 10.0 Å². The average molecular weight is 335 g/mol. The lowest BCUT2D eigenvalue weighted by Crippen LogP contribution is -2.43. The van der Waals surface area contributed by atoms with Crippen LogP contribution in [0, 0.1) is 11.8 Å². The van der Waals surface area contributed by atoms with Crippen LogP contribution in [-0.2, 0) is 4.79 Å². The number of benzene rings is 2. The Morgan fingerprint density at radius 2 is 1.60 bits per heavy atom. The van der Waals surface area contributed by atoms with Gasteiger partial charge in [-0.15, -0.1) is 0 Å². The molecular weight excluding hydrogens is 314 g/mol. The first-order chi connectivity index (χ1) is 12.1. The molecule has 0 spiro atoms. The van der Waals surface area contributed by atoms with Gasteiger partial charge in [0.25, 0.3) is 5.91 Å². The van der Waals surface area contributed by atoms with Crippen LogP contribution < -0.4 is 0 Å². The highest BCUT2D eigenvalue weighted by atomic mass is 16.4. The largest absolute Gasteiger partial charge is 0.480 e. The highest BCUT2D eigenvalue weighted by Gasteiger charge is 2.49. The SMILES string of the molecule is O=C(O)C1C2CCCC2CN1C(=O)c1ccc(-c2ccccc2)cc1. The number of carbonyl (C=O) groups is 2. The predicted octanol–water partition coefficient (Wildman–Crippen LogP) is 3.68. The molecule has 1 N–H and O–H groups in total. The molecule has 0 bridgehead atoms. The third-order valence-electron chi connectivity index (χ3n) is 5.64. The van der Waals surface area contributed by atoms with Gasteiger partial charge in [-0.05, 0) is 47.9 Å². The van der Waals surface area contributed by atoms with Crippen molar-refractivity contribution in [3.05, 3.63) is 60.2 Å². The van der Waals surface area contributed by atoms with Crippen molar-refractivity contribution in [2.45, 2.75) is 25.3 Å². The van der Waals surface area contributed by atoms with Crippen LogP contribution in [0.4, 0.5) is 0 Å². The lowest BCUT2D eigenvalue weighted by Gasteiger charge is -2.24. The number of carboxylic acid groups (broad SMARTS) is 1. The molecule has 1 heterocycles. The van der Waals surface area contributed by atoms with E-state index < -0.39 is 12.0 Å². The minimum atomic E-state index is -0.872. The Balaban J connectivity index is 1.57. The first-order valence-electron chi connectivity index (χ1n) is 8.84. The maximum Gasteiger partial charge on any atom is 0.326 e. The van der Waals surface area contributed by atoms with Crippen LogP contribution >= 0.6 is 0 Å². The molecule has 0 aromatic heterocycles. The summed E-state index contributed by atoms with van der Waals surface area (Å²) >= 11 is 0. The molecule has 2 aliphatic rings. The van der Waals surface area contributed by atoms with Crippen molar-refractivity contribution in [3.8, 4) is 11.1 Å². The molecule has 2 aromatic carbocycles. The molecule has 3 unspecified atom stereocenters. The molecule has 4 nitrogen and oxygen atoms in total. The molecule has 1 aliphatic heterocycles. The summed E-state index contributed by atoms with van der Waals surface area (Å²) < 4.78 is 0. The van der Waals surface area contributed by atoms with Crippen molar-refractivity contribution >= 4 is 11.9 Å². The standard InChI is InChI=1S/C21H21NO3/c23-20(22-13-17-7-4-8-18(17)19(22)21(24)25)16-11-9-15(10-12-16)14-5-2-1-3-6-14/h1-3,5-6,9-12,17-19H,4,7-8,13H2,(H,24,25). The van der Waals surface area contributed by atoms with Crippen LogP contribution in [0.2, 0.25) is 0 Å². The zero-order chi connectivity index (χ0) is 17.4. The number of hydrogen-bond acceptors (Lipinski definition) is 2. The Labute approximate surface area is 147 Å². The molecule has 3 atom stereocenters. The molecule has 2 aromatic rings. The minimum absolute atomic E-state index is 0.116. The van der Waals surface area contributed by atoms with E-state index >= 15 is 0 Å². The third-order valence-corrected chi connectivity index (χ3v) is 5.64. The van der Waals surface area contributed by atoms with E-state index in [9.17, 15) is 14.7 Å². The second-order valence-corrected chi connectivity index (χ2v) is 7.04. The van der Waals surface area contributed by atoms with Crippen molar-refractivity contribution in [3.63, 3.8) is 0 Å². The van der Waals surface area contributed by atoms with Crippen molar-refractivity contribution in [1.82, 2.24) is 4.90 Å². The highest BCUT2D eigenvalue weighted by Crippen LogP contribution is 2.42. The summed E-state index contributed by atoms with van der Waals surface area (Å²) in [4.78, 5) is 26.2. The molecular formula is C21H21NO3. The van der Waals surface area contributed by atoms with E-state index in [0.29, 0.717) is 18.0 Å². The van der Waals surface area contributed by atoms with Crippen LogP contribution in [0.5, 0.6) is 0 Å². The summed E-state index contributed by atoms with van der Waals surface area (Å²) in [5.41, 5.74) is 2.71. The third kappa shape index (κ3) is 2.82.